The van der Waals surface area contributed by atoms with E-state index in [1.807, 2.05) is 0 Å². The van der Waals surface area contributed by atoms with Gasteiger partial charge >= 0.3 is 0 Å². The summed E-state index contributed by atoms with van der Waals surface area (Å²) in [7, 11) is 0. The topological polar surface area (TPSA) is 130 Å². The second-order valence-electron chi connectivity index (χ2n) is 5.98. The van der Waals surface area contributed by atoms with Crippen molar-refractivity contribution >= 4 is 11.9 Å². The summed E-state index contributed by atoms with van der Waals surface area (Å²) in [6, 6.07) is 0. The number of aliphatic hydroxyl groups is 3. The molecule has 0 unspecified atom stereocenters. The maximum Gasteiger partial charge on any atom is 0.249 e. The molecule has 7 nitrogen and oxygen atoms in total. The van der Waals surface area contributed by atoms with Gasteiger partial charge in [0, 0.05) is 17.4 Å². The predicted molar refractivity (Wildman–Crippen MR) is 64.7 cm³/mol. The lowest BCUT2D eigenvalue weighted by atomic mass is 9.85. The summed E-state index contributed by atoms with van der Waals surface area (Å²) in [6.07, 6.45) is -3.18. The number of carboxylic acids is 1. The molecular formula is C12H22NO6-. The minimum absolute atomic E-state index is 0.153. The minimum Gasteiger partial charge on any atom is -0.547 e. The van der Waals surface area contributed by atoms with E-state index in [4.69, 9.17) is 5.11 Å². The number of aliphatic hydroxyl groups excluding tert-OH is 3. The average Bonchev–Trinajstić information content (AvgIpc) is 2.33. The first-order chi connectivity index (χ1) is 8.45. The molecule has 19 heavy (non-hydrogen) atoms. The van der Waals surface area contributed by atoms with Crippen LogP contribution in [0.15, 0.2) is 0 Å². The van der Waals surface area contributed by atoms with Gasteiger partial charge in [-0.1, -0.05) is 27.7 Å². The zero-order chi connectivity index (χ0) is 15.4. The Labute approximate surface area is 112 Å². The van der Waals surface area contributed by atoms with E-state index in [0.29, 0.717) is 0 Å². The molecule has 0 aliphatic rings. The van der Waals surface area contributed by atoms with Crippen molar-refractivity contribution in [3.8, 4) is 0 Å². The van der Waals surface area contributed by atoms with Crippen molar-refractivity contribution < 1.29 is 30.0 Å². The van der Waals surface area contributed by atoms with Crippen LogP contribution in [0.4, 0.5) is 0 Å². The number of carbonyl (C=O) groups excluding carboxylic acids is 2. The van der Waals surface area contributed by atoms with Crippen LogP contribution < -0.4 is 10.4 Å². The van der Waals surface area contributed by atoms with Gasteiger partial charge in [-0.3, -0.25) is 4.79 Å². The Hall–Kier alpha value is -1.18. The Morgan fingerprint density at radius 3 is 1.95 bits per heavy atom. The van der Waals surface area contributed by atoms with Crippen LogP contribution in [-0.4, -0.2) is 52.6 Å². The molecule has 2 atom stereocenters. The van der Waals surface area contributed by atoms with Crippen LogP contribution in [0, 0.1) is 10.8 Å². The Morgan fingerprint density at radius 2 is 1.58 bits per heavy atom. The molecule has 4 N–H and O–H groups in total. The maximum atomic E-state index is 11.7. The van der Waals surface area contributed by atoms with Gasteiger partial charge in [-0.05, 0) is 0 Å². The van der Waals surface area contributed by atoms with Crippen LogP contribution in [0.5, 0.6) is 0 Å². The Morgan fingerprint density at radius 1 is 1.11 bits per heavy atom. The zero-order valence-electron chi connectivity index (χ0n) is 11.6. The molecule has 0 saturated heterocycles. The smallest absolute Gasteiger partial charge is 0.249 e. The first-order valence-electron chi connectivity index (χ1n) is 5.91. The summed E-state index contributed by atoms with van der Waals surface area (Å²) in [5.41, 5.74) is -2.15. The number of carboxylic acid groups (broad SMARTS) is 1. The van der Waals surface area contributed by atoms with Crippen LogP contribution in [0.25, 0.3) is 0 Å². The SMILES string of the molecule is CC(C)(CO)[C@H](O)C(=O)NCC(C)(C)[C@@H](O)C(=O)[O-]. The summed E-state index contributed by atoms with van der Waals surface area (Å²) in [4.78, 5) is 22.2. The highest BCUT2D eigenvalue weighted by Gasteiger charge is 2.35. The standard InChI is InChI=1S/C12H23NO6/c1-11(2,8(16)10(18)19)5-13-9(17)7(15)12(3,4)6-14/h7-8,14-16H,5-6H2,1-4H3,(H,13,17)(H,18,19)/p-1/t7-,8+/m1/s1. The summed E-state index contributed by atoms with van der Waals surface area (Å²) < 4.78 is 0. The van der Waals surface area contributed by atoms with Crippen LogP contribution in [0.2, 0.25) is 0 Å². The van der Waals surface area contributed by atoms with E-state index in [-0.39, 0.29) is 13.2 Å². The van der Waals surface area contributed by atoms with Crippen LogP contribution in [0.3, 0.4) is 0 Å². The molecule has 1 amide bonds. The third kappa shape index (κ3) is 4.77. The molecule has 112 valence electrons. The van der Waals surface area contributed by atoms with Crippen molar-refractivity contribution in [1.29, 1.82) is 0 Å². The second kappa shape index (κ2) is 6.31. The minimum atomic E-state index is -1.74. The molecule has 0 aromatic rings. The normalized spacial score (nSPS) is 15.7. The van der Waals surface area contributed by atoms with Crippen LogP contribution in [0.1, 0.15) is 27.7 Å². The summed E-state index contributed by atoms with van der Waals surface area (Å²) in [6.45, 7) is 5.37. The molecule has 7 heteroatoms. The van der Waals surface area contributed by atoms with E-state index in [2.05, 4.69) is 5.32 Å². The fourth-order valence-electron chi connectivity index (χ4n) is 1.27. The Balaban J connectivity index is 4.57. The van der Waals surface area contributed by atoms with Crippen molar-refractivity contribution in [3.63, 3.8) is 0 Å². The Bertz CT molecular complexity index is 339. The lowest BCUT2D eigenvalue weighted by Crippen LogP contribution is -2.52. The van der Waals surface area contributed by atoms with Crippen molar-refractivity contribution in [1.82, 2.24) is 5.32 Å². The summed E-state index contributed by atoms with van der Waals surface area (Å²) >= 11 is 0. The second-order valence-corrected chi connectivity index (χ2v) is 5.98. The Kier molecular flexibility index (Phi) is 5.92. The maximum absolute atomic E-state index is 11.7. The number of nitrogens with one attached hydrogen (secondary N) is 1. The van der Waals surface area contributed by atoms with Gasteiger partial charge in [0.05, 0.1) is 12.6 Å². The van der Waals surface area contributed by atoms with E-state index >= 15 is 0 Å². The molecule has 0 spiro atoms. The number of carbonyl (C=O) groups is 2. The zero-order valence-corrected chi connectivity index (χ0v) is 11.6. The predicted octanol–water partition coefficient (Wildman–Crippen LogP) is -2.38. The fraction of sp³-hybridized carbons (Fsp3) is 0.833. The first-order valence-corrected chi connectivity index (χ1v) is 5.91. The molecule has 0 rings (SSSR count). The lowest BCUT2D eigenvalue weighted by molar-refractivity contribution is -0.319. The van der Waals surface area contributed by atoms with E-state index in [1.54, 1.807) is 0 Å². The van der Waals surface area contributed by atoms with E-state index in [9.17, 15) is 24.9 Å². The van der Waals surface area contributed by atoms with Gasteiger partial charge in [-0.25, -0.2) is 0 Å². The highest BCUT2D eigenvalue weighted by molar-refractivity contribution is 5.81. The van der Waals surface area contributed by atoms with Crippen molar-refractivity contribution in [2.24, 2.45) is 10.8 Å². The molecule has 0 aliphatic carbocycles. The number of hydrogen-bond acceptors (Lipinski definition) is 6. The highest BCUT2D eigenvalue weighted by atomic mass is 16.4. The summed E-state index contributed by atoms with van der Waals surface area (Å²) in [5.74, 6) is -2.37. The first kappa shape index (κ1) is 17.8. The van der Waals surface area contributed by atoms with Gasteiger partial charge in [-0.2, -0.15) is 0 Å². The highest BCUT2D eigenvalue weighted by Crippen LogP contribution is 2.22. The van der Waals surface area contributed by atoms with Crippen LogP contribution >= 0.6 is 0 Å². The van der Waals surface area contributed by atoms with E-state index < -0.39 is 34.9 Å². The average molecular weight is 276 g/mol. The molecule has 0 fully saturated rings. The van der Waals surface area contributed by atoms with Gasteiger partial charge in [0.2, 0.25) is 5.91 Å². The monoisotopic (exact) mass is 276 g/mol. The van der Waals surface area contributed by atoms with E-state index in [0.717, 1.165) is 0 Å². The molecule has 0 bridgehead atoms. The molecule has 0 radical (unpaired) electrons. The molecular weight excluding hydrogens is 254 g/mol. The lowest BCUT2D eigenvalue weighted by Gasteiger charge is -2.33. The van der Waals surface area contributed by atoms with Crippen molar-refractivity contribution in [3.05, 3.63) is 0 Å². The quantitative estimate of drug-likeness (QED) is 0.411. The molecule has 0 aliphatic heterocycles. The van der Waals surface area contributed by atoms with Gasteiger partial charge in [0.1, 0.15) is 12.2 Å². The van der Waals surface area contributed by atoms with Crippen molar-refractivity contribution in [2.45, 2.75) is 39.9 Å². The fourth-order valence-corrected chi connectivity index (χ4v) is 1.27. The number of rotatable bonds is 7. The van der Waals surface area contributed by atoms with Gasteiger partial charge in [-0.15, -0.1) is 0 Å². The van der Waals surface area contributed by atoms with Gasteiger partial charge in [0.15, 0.2) is 0 Å². The molecule has 0 heterocycles. The molecule has 0 saturated carbocycles. The van der Waals surface area contributed by atoms with Gasteiger partial charge < -0.3 is 30.5 Å². The third-order valence-corrected chi connectivity index (χ3v) is 3.08. The number of aliphatic carboxylic acids is 1. The summed E-state index contributed by atoms with van der Waals surface area (Å²) in [5, 5.41) is 41.1. The largest absolute Gasteiger partial charge is 0.547 e. The van der Waals surface area contributed by atoms with Crippen LogP contribution in [-0.2, 0) is 9.59 Å². The molecule has 0 aromatic carbocycles. The molecule has 0 aromatic heterocycles. The van der Waals surface area contributed by atoms with Gasteiger partial charge in [0.25, 0.3) is 0 Å². The van der Waals surface area contributed by atoms with Crippen molar-refractivity contribution in [2.75, 3.05) is 13.2 Å². The third-order valence-electron chi connectivity index (χ3n) is 3.08. The number of hydrogen-bond donors (Lipinski definition) is 4. The number of amides is 1. The van der Waals surface area contributed by atoms with E-state index in [1.165, 1.54) is 27.7 Å².